The molecule has 0 unspecified atom stereocenters. The number of rotatable bonds is 3. The molecule has 0 saturated heterocycles. The number of nitrogens with zero attached hydrogens (tertiary/aromatic N) is 2. The number of anilines is 1. The summed E-state index contributed by atoms with van der Waals surface area (Å²) < 4.78 is 17.4. The smallest absolute Gasteiger partial charge is 0.259 e. The number of nitrogens with one attached hydrogen (secondary N) is 1. The number of thiazole rings is 1. The van der Waals surface area contributed by atoms with Gasteiger partial charge in [0.05, 0.1) is 34.1 Å². The van der Waals surface area contributed by atoms with Crippen LogP contribution in [0.3, 0.4) is 0 Å². The van der Waals surface area contributed by atoms with Crippen molar-refractivity contribution in [2.24, 2.45) is 0 Å². The van der Waals surface area contributed by atoms with Gasteiger partial charge in [-0.05, 0) is 25.1 Å². The number of carbonyl (C=O) groups is 1. The van der Waals surface area contributed by atoms with Crippen LogP contribution in [-0.2, 0) is 0 Å². The summed E-state index contributed by atoms with van der Waals surface area (Å²) in [5, 5.41) is 4.27. The van der Waals surface area contributed by atoms with Gasteiger partial charge < -0.3 is 14.2 Å². The second-order valence-electron chi connectivity index (χ2n) is 6.62. The summed E-state index contributed by atoms with van der Waals surface area (Å²) in [7, 11) is 1.61. The van der Waals surface area contributed by atoms with E-state index in [1.807, 2.05) is 43.3 Å². The summed E-state index contributed by atoms with van der Waals surface area (Å²) in [6.07, 6.45) is 0. The summed E-state index contributed by atoms with van der Waals surface area (Å²) >= 11 is 1.39. The fraction of sp³-hybridized carbons (Fsp3) is 0.190. The largest absolute Gasteiger partial charge is 0.497 e. The minimum atomic E-state index is -0.246. The van der Waals surface area contributed by atoms with Crippen LogP contribution >= 0.6 is 11.3 Å². The van der Waals surface area contributed by atoms with Gasteiger partial charge in [-0.15, -0.1) is 0 Å². The van der Waals surface area contributed by atoms with Crippen LogP contribution in [0.25, 0.3) is 21.1 Å². The first kappa shape index (κ1) is 17.7. The summed E-state index contributed by atoms with van der Waals surface area (Å²) in [6.45, 7) is 2.86. The standard InChI is InChI=1S/C21H17N3O4S/c1-11-14(7-12-3-4-13(26-2)8-15(12)22-11)20(25)24-21-23-16-9-17-18(10-19(16)29-21)28-6-5-27-17/h3-4,7-10H,5-6H2,1-2H3,(H,23,24,25). The van der Waals surface area contributed by atoms with Crippen molar-refractivity contribution >= 4 is 43.5 Å². The molecule has 8 heteroatoms. The van der Waals surface area contributed by atoms with Crippen molar-refractivity contribution in [2.75, 3.05) is 25.6 Å². The van der Waals surface area contributed by atoms with Crippen LogP contribution in [0, 0.1) is 6.92 Å². The number of pyridine rings is 1. The molecule has 0 spiro atoms. The Hall–Kier alpha value is -3.39. The van der Waals surface area contributed by atoms with E-state index in [1.165, 1.54) is 11.3 Å². The van der Waals surface area contributed by atoms with E-state index in [9.17, 15) is 4.79 Å². The fourth-order valence-corrected chi connectivity index (χ4v) is 4.15. The summed E-state index contributed by atoms with van der Waals surface area (Å²) in [6, 6.07) is 11.2. The summed E-state index contributed by atoms with van der Waals surface area (Å²) in [4.78, 5) is 21.9. The normalized spacial score (nSPS) is 12.9. The lowest BCUT2D eigenvalue weighted by atomic mass is 10.1. The molecule has 5 rings (SSSR count). The minimum Gasteiger partial charge on any atom is -0.497 e. The predicted molar refractivity (Wildman–Crippen MR) is 112 cm³/mol. The van der Waals surface area contributed by atoms with E-state index in [1.54, 1.807) is 7.11 Å². The quantitative estimate of drug-likeness (QED) is 0.548. The van der Waals surface area contributed by atoms with Gasteiger partial charge in [0.25, 0.3) is 5.91 Å². The minimum absolute atomic E-state index is 0.246. The Balaban J connectivity index is 1.45. The van der Waals surface area contributed by atoms with E-state index < -0.39 is 0 Å². The Labute approximate surface area is 170 Å². The van der Waals surface area contributed by atoms with Crippen LogP contribution in [0.2, 0.25) is 0 Å². The first-order valence-corrected chi connectivity index (χ1v) is 9.89. The molecule has 1 aliphatic heterocycles. The van der Waals surface area contributed by atoms with Crippen molar-refractivity contribution in [1.82, 2.24) is 9.97 Å². The zero-order valence-corrected chi connectivity index (χ0v) is 16.6. The number of methoxy groups -OCH3 is 1. The second kappa shape index (κ2) is 6.89. The molecule has 29 heavy (non-hydrogen) atoms. The zero-order chi connectivity index (χ0) is 20.0. The predicted octanol–water partition coefficient (Wildman–Crippen LogP) is 4.19. The van der Waals surface area contributed by atoms with Crippen LogP contribution in [0.15, 0.2) is 36.4 Å². The van der Waals surface area contributed by atoms with Crippen molar-refractivity contribution in [3.8, 4) is 17.2 Å². The fourth-order valence-electron chi connectivity index (χ4n) is 3.28. The van der Waals surface area contributed by atoms with Gasteiger partial charge in [-0.1, -0.05) is 11.3 Å². The molecule has 0 radical (unpaired) electrons. The highest BCUT2D eigenvalue weighted by atomic mass is 32.1. The SMILES string of the molecule is COc1ccc2cc(C(=O)Nc3nc4cc5c(cc4s3)OCCO5)c(C)nc2c1. The first-order chi connectivity index (χ1) is 14.1. The molecule has 0 aliphatic carbocycles. The molecular formula is C21H17N3O4S. The number of carbonyl (C=O) groups excluding carboxylic acids is 1. The molecule has 1 N–H and O–H groups in total. The number of aryl methyl sites for hydroxylation is 1. The summed E-state index contributed by atoms with van der Waals surface area (Å²) in [5.74, 6) is 1.86. The van der Waals surface area contributed by atoms with Gasteiger partial charge in [-0.25, -0.2) is 4.98 Å². The van der Waals surface area contributed by atoms with Gasteiger partial charge in [0.2, 0.25) is 0 Å². The molecule has 2 aromatic heterocycles. The molecule has 0 bridgehead atoms. The molecule has 7 nitrogen and oxygen atoms in total. The lowest BCUT2D eigenvalue weighted by Gasteiger charge is -2.17. The topological polar surface area (TPSA) is 82.6 Å². The number of amides is 1. The van der Waals surface area contributed by atoms with Crippen LogP contribution < -0.4 is 19.5 Å². The van der Waals surface area contributed by atoms with E-state index in [0.29, 0.717) is 41.1 Å². The molecule has 4 aromatic rings. The number of benzene rings is 2. The van der Waals surface area contributed by atoms with Crippen LogP contribution in [0.5, 0.6) is 17.2 Å². The third-order valence-electron chi connectivity index (χ3n) is 4.73. The number of aromatic nitrogens is 2. The van der Waals surface area contributed by atoms with Gasteiger partial charge in [0.15, 0.2) is 16.6 Å². The number of fused-ring (bicyclic) bond motifs is 3. The molecule has 1 aliphatic rings. The van der Waals surface area contributed by atoms with Gasteiger partial charge in [-0.2, -0.15) is 0 Å². The maximum Gasteiger partial charge on any atom is 0.259 e. The van der Waals surface area contributed by atoms with E-state index in [0.717, 1.165) is 26.9 Å². The van der Waals surface area contributed by atoms with Crippen molar-refractivity contribution in [3.63, 3.8) is 0 Å². The van der Waals surface area contributed by atoms with E-state index in [-0.39, 0.29) is 5.91 Å². The molecule has 1 amide bonds. The van der Waals surface area contributed by atoms with E-state index >= 15 is 0 Å². The maximum absolute atomic E-state index is 12.9. The Morgan fingerprint density at radius 3 is 2.66 bits per heavy atom. The molecule has 0 saturated carbocycles. The Kier molecular flexibility index (Phi) is 4.21. The molecule has 2 aromatic carbocycles. The van der Waals surface area contributed by atoms with Gasteiger partial charge >= 0.3 is 0 Å². The van der Waals surface area contributed by atoms with Crippen molar-refractivity contribution in [2.45, 2.75) is 6.92 Å². The third kappa shape index (κ3) is 3.21. The number of hydrogen-bond acceptors (Lipinski definition) is 7. The van der Waals surface area contributed by atoms with Crippen molar-refractivity contribution < 1.29 is 19.0 Å². The van der Waals surface area contributed by atoms with E-state index in [2.05, 4.69) is 15.3 Å². The Morgan fingerprint density at radius 2 is 1.86 bits per heavy atom. The molecule has 146 valence electrons. The number of hydrogen-bond donors (Lipinski definition) is 1. The molecule has 3 heterocycles. The Bertz CT molecular complexity index is 1220. The average molecular weight is 407 g/mol. The van der Waals surface area contributed by atoms with Gasteiger partial charge in [0.1, 0.15) is 19.0 Å². The van der Waals surface area contributed by atoms with Crippen LogP contribution in [0.4, 0.5) is 5.13 Å². The van der Waals surface area contributed by atoms with Crippen LogP contribution in [0.1, 0.15) is 16.1 Å². The lowest BCUT2D eigenvalue weighted by molar-refractivity contribution is 0.102. The number of ether oxygens (including phenoxy) is 3. The van der Waals surface area contributed by atoms with Gasteiger partial charge in [0, 0.05) is 23.6 Å². The second-order valence-corrected chi connectivity index (χ2v) is 7.65. The van der Waals surface area contributed by atoms with Crippen molar-refractivity contribution in [3.05, 3.63) is 47.7 Å². The summed E-state index contributed by atoms with van der Waals surface area (Å²) in [5.41, 5.74) is 2.69. The Morgan fingerprint density at radius 1 is 1.07 bits per heavy atom. The van der Waals surface area contributed by atoms with Crippen LogP contribution in [-0.4, -0.2) is 36.2 Å². The first-order valence-electron chi connectivity index (χ1n) is 9.07. The van der Waals surface area contributed by atoms with Gasteiger partial charge in [-0.3, -0.25) is 15.1 Å². The third-order valence-corrected chi connectivity index (χ3v) is 5.67. The molecular weight excluding hydrogens is 390 g/mol. The lowest BCUT2D eigenvalue weighted by Crippen LogP contribution is -2.15. The monoisotopic (exact) mass is 407 g/mol. The van der Waals surface area contributed by atoms with Crippen molar-refractivity contribution in [1.29, 1.82) is 0 Å². The zero-order valence-electron chi connectivity index (χ0n) is 15.8. The molecule has 0 atom stereocenters. The molecule has 0 fully saturated rings. The highest BCUT2D eigenvalue weighted by Crippen LogP contribution is 2.38. The van der Waals surface area contributed by atoms with E-state index in [4.69, 9.17) is 14.2 Å². The maximum atomic E-state index is 12.9. The highest BCUT2D eigenvalue weighted by molar-refractivity contribution is 7.22. The average Bonchev–Trinajstić information content (AvgIpc) is 3.11. The highest BCUT2D eigenvalue weighted by Gasteiger charge is 2.18.